The lowest BCUT2D eigenvalue weighted by Crippen LogP contribution is -2.37. The van der Waals surface area contributed by atoms with Gasteiger partial charge in [0, 0.05) is 22.5 Å². The van der Waals surface area contributed by atoms with Gasteiger partial charge in [-0.15, -0.1) is 11.8 Å². The van der Waals surface area contributed by atoms with Crippen molar-refractivity contribution in [2.45, 2.75) is 68.2 Å². The predicted molar refractivity (Wildman–Crippen MR) is 132 cm³/mol. The van der Waals surface area contributed by atoms with Gasteiger partial charge >= 0.3 is 0 Å². The lowest BCUT2D eigenvalue weighted by molar-refractivity contribution is -0.297. The Morgan fingerprint density at radius 1 is 1.18 bits per heavy atom. The Morgan fingerprint density at radius 2 is 1.94 bits per heavy atom. The van der Waals surface area contributed by atoms with Crippen LogP contribution >= 0.6 is 23.5 Å². The van der Waals surface area contributed by atoms with Crippen LogP contribution in [0.4, 0.5) is 4.79 Å². The fourth-order valence-electron chi connectivity index (χ4n) is 3.62. The Bertz CT molecular complexity index is 966. The highest BCUT2D eigenvalue weighted by Gasteiger charge is 2.40. The van der Waals surface area contributed by atoms with Gasteiger partial charge in [-0.25, -0.2) is 4.90 Å². The number of carbonyl (C=O) groups excluding carboxylic acids is 2. The number of aromatic nitrogens is 1. The molecule has 2 aliphatic rings. The standard InChI is InChI=1S/C25H30N2O5S2/c1-2-17-6-9-19(26-15-17)12-13-33-21-10-7-18(8-11-21)14-22-23(28)27(24(29)34-22)16-31-25(30)32-20-4-3-5-20/h6-11,15,20,22,25,30H,2-5,12-14,16H2,1H3. The van der Waals surface area contributed by atoms with Gasteiger partial charge in [-0.05, 0) is 67.9 Å². The van der Waals surface area contributed by atoms with Crippen molar-refractivity contribution < 1.29 is 24.2 Å². The molecule has 4 rings (SSSR count). The number of aryl methyl sites for hydroxylation is 2. The number of ether oxygens (including phenoxy) is 2. The SMILES string of the molecule is CCc1ccc(CCSc2ccc(CC3SC(=O)N(COC(O)OC4CCC4)C3=O)cc2)nc1. The molecule has 34 heavy (non-hydrogen) atoms. The van der Waals surface area contributed by atoms with E-state index in [1.54, 1.807) is 11.8 Å². The summed E-state index contributed by atoms with van der Waals surface area (Å²) in [5, 5.41) is 8.93. The molecule has 1 saturated carbocycles. The van der Waals surface area contributed by atoms with E-state index < -0.39 is 11.7 Å². The summed E-state index contributed by atoms with van der Waals surface area (Å²) in [6.45, 7) is 0.394. The molecular weight excluding hydrogens is 472 g/mol. The second kappa shape index (κ2) is 12.2. The molecule has 2 fully saturated rings. The Kier molecular flexibility index (Phi) is 9.02. The molecule has 1 N–H and O–H groups in total. The molecule has 1 aliphatic carbocycles. The summed E-state index contributed by atoms with van der Waals surface area (Å²) < 4.78 is 10.4. The topological polar surface area (TPSA) is 89.0 Å². The minimum atomic E-state index is -1.42. The molecular formula is C25H30N2O5S2. The molecule has 2 aromatic rings. The van der Waals surface area contributed by atoms with Gasteiger partial charge in [0.1, 0.15) is 6.73 Å². The number of hydrogen-bond acceptors (Lipinski definition) is 8. The molecule has 182 valence electrons. The molecule has 0 bridgehead atoms. The first-order chi connectivity index (χ1) is 16.5. The van der Waals surface area contributed by atoms with Gasteiger partial charge in [0.05, 0.1) is 11.4 Å². The van der Waals surface area contributed by atoms with E-state index in [-0.39, 0.29) is 24.0 Å². The number of thioether (sulfide) groups is 2. The zero-order valence-electron chi connectivity index (χ0n) is 19.2. The van der Waals surface area contributed by atoms with Crippen LogP contribution in [0.2, 0.25) is 0 Å². The molecule has 0 radical (unpaired) electrons. The largest absolute Gasteiger partial charge is 0.346 e. The molecule has 7 nitrogen and oxygen atoms in total. The fraction of sp³-hybridized carbons (Fsp3) is 0.480. The molecule has 1 aromatic carbocycles. The third kappa shape index (κ3) is 6.82. The fourth-order valence-corrected chi connectivity index (χ4v) is 5.51. The van der Waals surface area contributed by atoms with Crippen LogP contribution in [0, 0.1) is 0 Å². The smallest absolute Gasteiger partial charge is 0.290 e. The quantitative estimate of drug-likeness (QED) is 0.337. The molecule has 2 atom stereocenters. The van der Waals surface area contributed by atoms with E-state index >= 15 is 0 Å². The summed E-state index contributed by atoms with van der Waals surface area (Å²) in [6.07, 6.45) is 7.16. The average Bonchev–Trinajstić information content (AvgIpc) is 3.08. The number of amides is 2. The molecule has 1 aromatic heterocycles. The number of pyridine rings is 1. The monoisotopic (exact) mass is 502 g/mol. The minimum Gasteiger partial charge on any atom is -0.346 e. The van der Waals surface area contributed by atoms with Crippen molar-refractivity contribution in [3.05, 3.63) is 59.4 Å². The molecule has 1 saturated heterocycles. The minimum absolute atomic E-state index is 0.00718. The van der Waals surface area contributed by atoms with Crippen LogP contribution in [-0.2, 0) is 33.5 Å². The number of aliphatic hydroxyl groups excluding tert-OH is 1. The zero-order valence-corrected chi connectivity index (χ0v) is 20.9. The summed E-state index contributed by atoms with van der Waals surface area (Å²) >= 11 is 2.77. The van der Waals surface area contributed by atoms with Crippen molar-refractivity contribution in [2.24, 2.45) is 0 Å². The first-order valence-electron chi connectivity index (χ1n) is 11.6. The van der Waals surface area contributed by atoms with Crippen molar-refractivity contribution in [1.29, 1.82) is 0 Å². The van der Waals surface area contributed by atoms with E-state index in [0.29, 0.717) is 6.42 Å². The molecule has 9 heteroatoms. The Balaban J connectivity index is 1.20. The maximum atomic E-state index is 12.7. The van der Waals surface area contributed by atoms with E-state index in [2.05, 4.69) is 36.2 Å². The molecule has 2 amide bonds. The molecule has 2 unspecified atom stereocenters. The summed E-state index contributed by atoms with van der Waals surface area (Å²) in [5.74, 6) is 0.639. The third-order valence-electron chi connectivity index (χ3n) is 5.98. The molecule has 2 heterocycles. The number of carbonyl (C=O) groups is 2. The number of imide groups is 1. The average molecular weight is 503 g/mol. The highest BCUT2D eigenvalue weighted by molar-refractivity contribution is 8.15. The number of nitrogens with zero attached hydrogens (tertiary/aromatic N) is 2. The maximum Gasteiger partial charge on any atom is 0.290 e. The van der Waals surface area contributed by atoms with Gasteiger partial charge in [0.15, 0.2) is 0 Å². The number of hydrogen-bond donors (Lipinski definition) is 1. The highest BCUT2D eigenvalue weighted by Crippen LogP contribution is 2.30. The van der Waals surface area contributed by atoms with E-state index in [4.69, 9.17) is 9.47 Å². The van der Waals surface area contributed by atoms with Crippen molar-refractivity contribution >= 4 is 34.7 Å². The number of rotatable bonds is 12. The zero-order chi connectivity index (χ0) is 23.9. The number of aliphatic hydroxyl groups is 1. The van der Waals surface area contributed by atoms with Crippen molar-refractivity contribution in [3.8, 4) is 0 Å². The van der Waals surface area contributed by atoms with Crippen molar-refractivity contribution in [1.82, 2.24) is 9.88 Å². The van der Waals surface area contributed by atoms with Crippen LogP contribution in [0.3, 0.4) is 0 Å². The first kappa shape index (κ1) is 25.2. The van der Waals surface area contributed by atoms with Crippen LogP contribution < -0.4 is 0 Å². The van der Waals surface area contributed by atoms with E-state index in [9.17, 15) is 14.7 Å². The number of benzene rings is 1. The predicted octanol–water partition coefficient (Wildman–Crippen LogP) is 4.40. The van der Waals surface area contributed by atoms with Crippen LogP contribution in [0.1, 0.15) is 43.0 Å². The second-order valence-electron chi connectivity index (χ2n) is 8.39. The molecule has 0 spiro atoms. The van der Waals surface area contributed by atoms with Gasteiger partial charge in [0.2, 0.25) is 5.91 Å². The first-order valence-corrected chi connectivity index (χ1v) is 13.5. The Morgan fingerprint density at radius 3 is 2.59 bits per heavy atom. The van der Waals surface area contributed by atoms with Crippen molar-refractivity contribution in [2.75, 3.05) is 12.5 Å². The van der Waals surface area contributed by atoms with Gasteiger partial charge in [-0.2, -0.15) is 0 Å². The Hall–Kier alpha value is -1.91. The van der Waals surface area contributed by atoms with Crippen LogP contribution in [0.25, 0.3) is 0 Å². The van der Waals surface area contributed by atoms with E-state index in [1.807, 2.05) is 18.3 Å². The van der Waals surface area contributed by atoms with Crippen LogP contribution in [0.15, 0.2) is 47.5 Å². The third-order valence-corrected chi connectivity index (χ3v) is 8.07. The highest BCUT2D eigenvalue weighted by atomic mass is 32.2. The van der Waals surface area contributed by atoms with Crippen LogP contribution in [0.5, 0.6) is 0 Å². The van der Waals surface area contributed by atoms with Gasteiger partial charge in [0.25, 0.3) is 11.7 Å². The van der Waals surface area contributed by atoms with Gasteiger partial charge in [-0.3, -0.25) is 14.6 Å². The summed E-state index contributed by atoms with van der Waals surface area (Å²) in [7, 11) is 0. The lowest BCUT2D eigenvalue weighted by atomic mass is 9.96. The summed E-state index contributed by atoms with van der Waals surface area (Å²) in [5.41, 5.74) is 3.34. The van der Waals surface area contributed by atoms with E-state index in [1.165, 1.54) is 5.56 Å². The normalized spacial score (nSPS) is 19.5. The lowest BCUT2D eigenvalue weighted by Gasteiger charge is -2.28. The maximum absolute atomic E-state index is 12.7. The van der Waals surface area contributed by atoms with Gasteiger partial charge < -0.3 is 14.6 Å². The Labute approximate surface area is 208 Å². The van der Waals surface area contributed by atoms with Crippen LogP contribution in [-0.4, -0.2) is 56.5 Å². The van der Waals surface area contributed by atoms with Crippen molar-refractivity contribution in [3.63, 3.8) is 0 Å². The summed E-state index contributed by atoms with van der Waals surface area (Å²) in [6, 6.07) is 12.3. The second-order valence-corrected chi connectivity index (χ2v) is 10.7. The van der Waals surface area contributed by atoms with E-state index in [0.717, 1.165) is 70.7 Å². The summed E-state index contributed by atoms with van der Waals surface area (Å²) in [4.78, 5) is 31.6. The molecule has 1 aliphatic heterocycles. The van der Waals surface area contributed by atoms with Gasteiger partial charge in [-0.1, -0.05) is 36.9 Å².